The fourth-order valence-electron chi connectivity index (χ4n) is 2.46. The van der Waals surface area contributed by atoms with Crippen molar-refractivity contribution in [1.82, 2.24) is 0 Å². The molecular formula is C25H36O2. The van der Waals surface area contributed by atoms with Crippen molar-refractivity contribution >= 4 is 11.4 Å². The molecule has 0 atom stereocenters. The first-order valence-electron chi connectivity index (χ1n) is 9.68. The largest absolute Gasteiger partial charge is 0.497 e. The maximum Gasteiger partial charge on any atom is 0.166 e. The zero-order chi connectivity index (χ0) is 21.0. The molecule has 0 spiro atoms. The lowest BCUT2D eigenvalue weighted by Gasteiger charge is -2.12. The highest BCUT2D eigenvalue weighted by Crippen LogP contribution is 2.27. The summed E-state index contributed by atoms with van der Waals surface area (Å²) < 4.78 is 5.32. The van der Waals surface area contributed by atoms with Gasteiger partial charge in [-0.3, -0.25) is 4.79 Å². The number of carbonyl (C=O) groups excluding carboxylic acids is 1. The van der Waals surface area contributed by atoms with Gasteiger partial charge in [-0.15, -0.1) is 0 Å². The van der Waals surface area contributed by atoms with E-state index in [9.17, 15) is 4.79 Å². The standard InChI is InChI=1S/C23H30O2.C2H6/c1-8-16(3)10-12-20(9-2)23(24)14-18(5)19(6)22-15-21(25-7)13-11-17(22)4;1-2/h9-13,15H,2,8,14H2,1,3-7H3;1-2H3/b16-10-,19-18-,20-12+;. The first kappa shape index (κ1) is 24.7. The van der Waals surface area contributed by atoms with Crippen LogP contribution in [0.5, 0.6) is 5.75 Å². The van der Waals surface area contributed by atoms with E-state index < -0.39 is 0 Å². The van der Waals surface area contributed by atoms with Gasteiger partial charge in [0.15, 0.2) is 5.78 Å². The molecule has 1 aromatic carbocycles. The number of methoxy groups -OCH3 is 1. The topological polar surface area (TPSA) is 26.3 Å². The SMILES string of the molecule is C=C/C(=C\C=C(\C)CC)C(=O)C/C(C)=C(/C)c1cc(OC)ccc1C.CC. The Morgan fingerprint density at radius 2 is 1.78 bits per heavy atom. The predicted molar refractivity (Wildman–Crippen MR) is 119 cm³/mol. The second-order valence-electron chi connectivity index (χ2n) is 6.38. The Hall–Kier alpha value is -2.35. The van der Waals surface area contributed by atoms with Crippen LogP contribution >= 0.6 is 0 Å². The molecule has 0 saturated heterocycles. The van der Waals surface area contributed by atoms with E-state index >= 15 is 0 Å². The summed E-state index contributed by atoms with van der Waals surface area (Å²) >= 11 is 0. The Morgan fingerprint density at radius 3 is 2.30 bits per heavy atom. The smallest absolute Gasteiger partial charge is 0.166 e. The zero-order valence-corrected chi connectivity index (χ0v) is 18.4. The Kier molecular flexibility index (Phi) is 11.8. The number of hydrogen-bond acceptors (Lipinski definition) is 2. The van der Waals surface area contributed by atoms with Crippen molar-refractivity contribution in [1.29, 1.82) is 0 Å². The van der Waals surface area contributed by atoms with Crippen LogP contribution in [0.3, 0.4) is 0 Å². The molecule has 1 rings (SSSR count). The van der Waals surface area contributed by atoms with Crippen LogP contribution in [0.15, 0.2) is 59.7 Å². The molecule has 2 heteroatoms. The Bertz CT molecular complexity index is 731. The second-order valence-corrected chi connectivity index (χ2v) is 6.38. The van der Waals surface area contributed by atoms with Crippen molar-refractivity contribution in [3.8, 4) is 5.75 Å². The molecule has 1 aromatic rings. The molecule has 148 valence electrons. The Morgan fingerprint density at radius 1 is 1.15 bits per heavy atom. The first-order chi connectivity index (χ1) is 12.8. The quantitative estimate of drug-likeness (QED) is 0.357. The van der Waals surface area contributed by atoms with Gasteiger partial charge in [0.1, 0.15) is 5.75 Å². The molecule has 0 saturated carbocycles. The van der Waals surface area contributed by atoms with E-state index in [1.54, 1.807) is 13.2 Å². The number of rotatable bonds is 8. The van der Waals surface area contributed by atoms with Gasteiger partial charge in [0.25, 0.3) is 0 Å². The summed E-state index contributed by atoms with van der Waals surface area (Å²) in [6.07, 6.45) is 6.86. The highest BCUT2D eigenvalue weighted by Gasteiger charge is 2.11. The fourth-order valence-corrected chi connectivity index (χ4v) is 2.46. The summed E-state index contributed by atoms with van der Waals surface area (Å²) in [5.74, 6) is 0.915. The van der Waals surface area contributed by atoms with Crippen LogP contribution in [0, 0.1) is 6.92 Å². The summed E-state index contributed by atoms with van der Waals surface area (Å²) in [7, 11) is 1.66. The number of allylic oxidation sites excluding steroid dienone is 7. The molecule has 0 aliphatic rings. The number of Topliss-reactive ketones (excluding diaryl/α,β-unsaturated/α-hetero) is 1. The lowest BCUT2D eigenvalue weighted by molar-refractivity contribution is -0.114. The van der Waals surface area contributed by atoms with E-state index in [1.807, 2.05) is 51.1 Å². The van der Waals surface area contributed by atoms with Crippen LogP contribution in [-0.4, -0.2) is 12.9 Å². The summed E-state index contributed by atoms with van der Waals surface area (Å²) in [6.45, 7) is 18.1. The Labute approximate surface area is 166 Å². The van der Waals surface area contributed by atoms with Gasteiger partial charge >= 0.3 is 0 Å². The molecular weight excluding hydrogens is 332 g/mol. The molecule has 0 bridgehead atoms. The molecule has 0 heterocycles. The third kappa shape index (κ3) is 7.82. The van der Waals surface area contributed by atoms with Crippen molar-refractivity contribution in [2.24, 2.45) is 0 Å². The molecule has 0 fully saturated rings. The number of ketones is 1. The summed E-state index contributed by atoms with van der Waals surface area (Å²) in [5.41, 5.74) is 6.37. The van der Waals surface area contributed by atoms with E-state index in [1.165, 1.54) is 11.1 Å². The molecule has 0 aliphatic carbocycles. The minimum Gasteiger partial charge on any atom is -0.497 e. The lowest BCUT2D eigenvalue weighted by Crippen LogP contribution is -2.02. The van der Waals surface area contributed by atoms with E-state index in [4.69, 9.17) is 4.74 Å². The summed E-state index contributed by atoms with van der Waals surface area (Å²) in [5, 5.41) is 0. The van der Waals surface area contributed by atoms with Crippen LogP contribution in [0.2, 0.25) is 0 Å². The van der Waals surface area contributed by atoms with E-state index in [2.05, 4.69) is 34.3 Å². The van der Waals surface area contributed by atoms with Crippen molar-refractivity contribution in [3.05, 3.63) is 70.9 Å². The van der Waals surface area contributed by atoms with Crippen molar-refractivity contribution in [3.63, 3.8) is 0 Å². The minimum atomic E-state index is 0.0903. The maximum atomic E-state index is 12.6. The van der Waals surface area contributed by atoms with Crippen LogP contribution in [0.4, 0.5) is 0 Å². The molecule has 27 heavy (non-hydrogen) atoms. The van der Waals surface area contributed by atoms with Gasteiger partial charge < -0.3 is 4.74 Å². The van der Waals surface area contributed by atoms with Crippen molar-refractivity contribution in [2.75, 3.05) is 7.11 Å². The monoisotopic (exact) mass is 368 g/mol. The van der Waals surface area contributed by atoms with Crippen LogP contribution in [0.25, 0.3) is 5.57 Å². The summed E-state index contributed by atoms with van der Waals surface area (Å²) in [4.78, 5) is 12.6. The zero-order valence-electron chi connectivity index (χ0n) is 18.4. The molecule has 2 nitrogen and oxygen atoms in total. The number of hydrogen-bond donors (Lipinski definition) is 0. The van der Waals surface area contributed by atoms with Crippen LogP contribution in [-0.2, 0) is 4.79 Å². The van der Waals surface area contributed by atoms with Gasteiger partial charge in [-0.1, -0.05) is 62.8 Å². The number of carbonyl (C=O) groups is 1. The van der Waals surface area contributed by atoms with E-state index in [0.717, 1.165) is 28.9 Å². The lowest BCUT2D eigenvalue weighted by atomic mass is 9.93. The number of ether oxygens (including phenoxy) is 1. The second kappa shape index (κ2) is 12.9. The third-order valence-electron chi connectivity index (χ3n) is 4.56. The molecule has 0 N–H and O–H groups in total. The average Bonchev–Trinajstić information content (AvgIpc) is 2.69. The fraction of sp³-hybridized carbons (Fsp3) is 0.400. The van der Waals surface area contributed by atoms with Gasteiger partial charge in [-0.05, 0) is 62.9 Å². The molecule has 0 aliphatic heterocycles. The van der Waals surface area contributed by atoms with Gasteiger partial charge in [0, 0.05) is 12.0 Å². The number of aryl methyl sites for hydroxylation is 1. The van der Waals surface area contributed by atoms with Gasteiger partial charge in [-0.25, -0.2) is 0 Å². The van der Waals surface area contributed by atoms with E-state index in [0.29, 0.717) is 12.0 Å². The molecule has 0 amide bonds. The molecule has 0 aromatic heterocycles. The third-order valence-corrected chi connectivity index (χ3v) is 4.56. The van der Waals surface area contributed by atoms with Crippen LogP contribution in [0.1, 0.15) is 65.5 Å². The van der Waals surface area contributed by atoms with Gasteiger partial charge in [0.2, 0.25) is 0 Å². The van der Waals surface area contributed by atoms with Gasteiger partial charge in [0.05, 0.1) is 7.11 Å². The maximum absolute atomic E-state index is 12.6. The van der Waals surface area contributed by atoms with Crippen LogP contribution < -0.4 is 4.74 Å². The highest BCUT2D eigenvalue weighted by atomic mass is 16.5. The molecule has 0 unspecified atom stereocenters. The summed E-state index contributed by atoms with van der Waals surface area (Å²) in [6, 6.07) is 6.02. The highest BCUT2D eigenvalue weighted by molar-refractivity contribution is 6.00. The number of benzene rings is 1. The first-order valence-corrected chi connectivity index (χ1v) is 9.68. The Balaban J connectivity index is 0.00000326. The van der Waals surface area contributed by atoms with Crippen molar-refractivity contribution < 1.29 is 9.53 Å². The normalized spacial score (nSPS) is 12.6. The predicted octanol–water partition coefficient (Wildman–Crippen LogP) is 7.25. The minimum absolute atomic E-state index is 0.0903. The molecule has 0 radical (unpaired) electrons. The average molecular weight is 369 g/mol. The van der Waals surface area contributed by atoms with E-state index in [-0.39, 0.29) is 5.78 Å². The van der Waals surface area contributed by atoms with Gasteiger partial charge in [-0.2, -0.15) is 0 Å². The van der Waals surface area contributed by atoms with Crippen molar-refractivity contribution in [2.45, 2.75) is 61.3 Å².